The predicted molar refractivity (Wildman–Crippen MR) is 84.5 cm³/mol. The maximum Gasteiger partial charge on any atom is 0.314 e. The van der Waals surface area contributed by atoms with Gasteiger partial charge in [-0.05, 0) is 34.0 Å². The van der Waals surface area contributed by atoms with E-state index in [1.165, 1.54) is 13.3 Å². The first kappa shape index (κ1) is 15.9. The minimum atomic E-state index is -0.977. The van der Waals surface area contributed by atoms with Gasteiger partial charge in [0.2, 0.25) is 5.88 Å². The highest BCUT2D eigenvalue weighted by Gasteiger charge is 2.25. The first-order chi connectivity index (χ1) is 10.0. The molecule has 0 spiro atoms. The molecule has 1 aromatic carbocycles. The number of methoxy groups -OCH3 is 1. The Labute approximate surface area is 138 Å². The van der Waals surface area contributed by atoms with Crippen LogP contribution in [-0.2, 0) is 11.2 Å². The summed E-state index contributed by atoms with van der Waals surface area (Å²) in [6.07, 6.45) is 1.79. The Morgan fingerprint density at radius 3 is 2.67 bits per heavy atom. The summed E-state index contributed by atoms with van der Waals surface area (Å²) < 4.78 is 6.53. The third-order valence-corrected chi connectivity index (χ3v) is 4.23. The van der Waals surface area contributed by atoms with Gasteiger partial charge in [-0.3, -0.25) is 4.79 Å². The fraction of sp³-hybridized carbons (Fsp3) is 0.214. The molecule has 1 unspecified atom stereocenters. The highest BCUT2D eigenvalue weighted by atomic mass is 79.9. The molecule has 2 rings (SSSR count). The number of aromatic nitrogens is 2. The van der Waals surface area contributed by atoms with E-state index in [0.717, 1.165) is 10.0 Å². The molecule has 0 saturated heterocycles. The van der Waals surface area contributed by atoms with Gasteiger partial charge in [-0.25, -0.2) is 4.98 Å². The average molecular weight is 416 g/mol. The summed E-state index contributed by atoms with van der Waals surface area (Å²) in [6, 6.07) is 7.48. The number of halogens is 2. The van der Waals surface area contributed by atoms with Crippen molar-refractivity contribution in [2.75, 3.05) is 7.11 Å². The number of carbonyl (C=O) groups is 1. The van der Waals surface area contributed by atoms with E-state index in [0.29, 0.717) is 16.8 Å². The van der Waals surface area contributed by atoms with Crippen molar-refractivity contribution in [1.82, 2.24) is 9.97 Å². The molecule has 1 N–H and O–H groups in total. The van der Waals surface area contributed by atoms with Gasteiger partial charge in [0.15, 0.2) is 0 Å². The zero-order chi connectivity index (χ0) is 15.4. The summed E-state index contributed by atoms with van der Waals surface area (Å²) in [5.74, 6) is -1.28. The molecule has 1 atom stereocenters. The summed E-state index contributed by atoms with van der Waals surface area (Å²) >= 11 is 6.67. The molecule has 0 aliphatic carbocycles. The maximum absolute atomic E-state index is 11.6. The van der Waals surface area contributed by atoms with E-state index in [1.54, 1.807) is 0 Å². The number of hydrogen-bond acceptors (Lipinski definition) is 4. The fourth-order valence-electron chi connectivity index (χ4n) is 1.85. The first-order valence-corrected chi connectivity index (χ1v) is 7.64. The van der Waals surface area contributed by atoms with Gasteiger partial charge in [-0.2, -0.15) is 4.98 Å². The zero-order valence-corrected chi connectivity index (χ0v) is 14.3. The summed E-state index contributed by atoms with van der Waals surface area (Å²) in [5, 5.41) is 9.46. The summed E-state index contributed by atoms with van der Waals surface area (Å²) in [5.41, 5.74) is 0.885. The molecule has 1 heterocycles. The van der Waals surface area contributed by atoms with Crippen LogP contribution in [-0.4, -0.2) is 28.2 Å². The van der Waals surface area contributed by atoms with Crippen molar-refractivity contribution in [1.29, 1.82) is 0 Å². The van der Waals surface area contributed by atoms with Crippen molar-refractivity contribution < 1.29 is 14.6 Å². The van der Waals surface area contributed by atoms with Gasteiger partial charge < -0.3 is 9.84 Å². The number of carboxylic acid groups (broad SMARTS) is 1. The molecule has 0 aliphatic rings. The lowest BCUT2D eigenvalue weighted by molar-refractivity contribution is -0.139. The summed E-state index contributed by atoms with van der Waals surface area (Å²) in [7, 11) is 1.47. The largest absolute Gasteiger partial charge is 0.481 e. The Balaban J connectivity index is 2.36. The highest BCUT2D eigenvalue weighted by Crippen LogP contribution is 2.27. The van der Waals surface area contributed by atoms with Gasteiger partial charge in [0.1, 0.15) is 11.7 Å². The minimum absolute atomic E-state index is 0.221. The van der Waals surface area contributed by atoms with E-state index >= 15 is 0 Å². The normalized spacial score (nSPS) is 12.0. The molecule has 0 amide bonds. The molecule has 7 heteroatoms. The Morgan fingerprint density at radius 1 is 1.33 bits per heavy atom. The highest BCUT2D eigenvalue weighted by molar-refractivity contribution is 9.10. The van der Waals surface area contributed by atoms with Gasteiger partial charge >= 0.3 is 5.97 Å². The lowest BCUT2D eigenvalue weighted by atomic mass is 9.98. The first-order valence-electron chi connectivity index (χ1n) is 6.05. The van der Waals surface area contributed by atoms with Crippen molar-refractivity contribution in [3.05, 3.63) is 50.8 Å². The number of benzene rings is 1. The van der Waals surface area contributed by atoms with Gasteiger partial charge in [0.25, 0.3) is 0 Å². The van der Waals surface area contributed by atoms with E-state index in [1.807, 2.05) is 24.3 Å². The van der Waals surface area contributed by atoms with Crippen molar-refractivity contribution >= 4 is 37.8 Å². The second-order valence-electron chi connectivity index (χ2n) is 4.27. The van der Waals surface area contributed by atoms with E-state index < -0.39 is 11.9 Å². The fourth-order valence-corrected chi connectivity index (χ4v) is 2.65. The SMILES string of the molecule is COc1nc(C(Cc2ccccc2Br)C(=O)O)ncc1Br. The van der Waals surface area contributed by atoms with Crippen LogP contribution in [0.15, 0.2) is 39.4 Å². The molecule has 0 fully saturated rings. The van der Waals surface area contributed by atoms with Gasteiger partial charge in [-0.15, -0.1) is 0 Å². The van der Waals surface area contributed by atoms with Gasteiger partial charge in [-0.1, -0.05) is 34.1 Å². The number of nitrogens with zero attached hydrogens (tertiary/aromatic N) is 2. The molecule has 110 valence electrons. The van der Waals surface area contributed by atoms with Crippen LogP contribution in [0.5, 0.6) is 5.88 Å². The number of rotatable bonds is 5. The Hall–Kier alpha value is -1.47. The number of hydrogen-bond donors (Lipinski definition) is 1. The smallest absolute Gasteiger partial charge is 0.314 e. The van der Waals surface area contributed by atoms with Crippen molar-refractivity contribution in [2.45, 2.75) is 12.3 Å². The van der Waals surface area contributed by atoms with Crippen molar-refractivity contribution in [3.63, 3.8) is 0 Å². The quantitative estimate of drug-likeness (QED) is 0.809. The maximum atomic E-state index is 11.6. The third-order valence-electron chi connectivity index (χ3n) is 2.92. The van der Waals surface area contributed by atoms with Crippen LogP contribution in [0.3, 0.4) is 0 Å². The van der Waals surface area contributed by atoms with E-state index in [9.17, 15) is 9.90 Å². The molecule has 0 radical (unpaired) electrons. The second-order valence-corrected chi connectivity index (χ2v) is 5.98. The summed E-state index contributed by atoms with van der Waals surface area (Å²) in [4.78, 5) is 19.8. The predicted octanol–water partition coefficient (Wildman–Crippen LogP) is 3.42. The average Bonchev–Trinajstić information content (AvgIpc) is 2.47. The monoisotopic (exact) mass is 414 g/mol. The molecule has 5 nitrogen and oxygen atoms in total. The molecule has 21 heavy (non-hydrogen) atoms. The molecule has 2 aromatic rings. The van der Waals surface area contributed by atoms with Crippen LogP contribution in [0.1, 0.15) is 17.3 Å². The van der Waals surface area contributed by atoms with E-state index in [2.05, 4.69) is 41.8 Å². The lowest BCUT2D eigenvalue weighted by Gasteiger charge is -2.13. The van der Waals surface area contributed by atoms with E-state index in [-0.39, 0.29) is 5.82 Å². The molecular weight excluding hydrogens is 404 g/mol. The van der Waals surface area contributed by atoms with E-state index in [4.69, 9.17) is 4.74 Å². The number of carboxylic acids is 1. The Kier molecular flexibility index (Phi) is 5.30. The summed E-state index contributed by atoms with van der Waals surface area (Å²) in [6.45, 7) is 0. The van der Waals surface area contributed by atoms with Crippen LogP contribution in [0.25, 0.3) is 0 Å². The number of aliphatic carboxylic acids is 1. The number of ether oxygens (including phenoxy) is 1. The van der Waals surface area contributed by atoms with Crippen LogP contribution >= 0.6 is 31.9 Å². The van der Waals surface area contributed by atoms with Crippen LogP contribution in [0, 0.1) is 0 Å². The standard InChI is InChI=1S/C14H12Br2N2O3/c1-21-13-11(16)7-17-12(18-13)9(14(19)20)6-8-4-2-3-5-10(8)15/h2-5,7,9H,6H2,1H3,(H,19,20). The second kappa shape index (κ2) is 7.00. The van der Waals surface area contributed by atoms with Gasteiger partial charge in [0.05, 0.1) is 11.6 Å². The Morgan fingerprint density at radius 2 is 2.05 bits per heavy atom. The Bertz CT molecular complexity index is 664. The molecule has 0 bridgehead atoms. The zero-order valence-electron chi connectivity index (χ0n) is 11.1. The van der Waals surface area contributed by atoms with Crippen molar-refractivity contribution in [2.24, 2.45) is 0 Å². The van der Waals surface area contributed by atoms with Gasteiger partial charge in [0, 0.05) is 10.7 Å². The lowest BCUT2D eigenvalue weighted by Crippen LogP contribution is -2.18. The molecule has 1 aromatic heterocycles. The van der Waals surface area contributed by atoms with Crippen LogP contribution in [0.2, 0.25) is 0 Å². The van der Waals surface area contributed by atoms with Crippen LogP contribution < -0.4 is 4.74 Å². The minimum Gasteiger partial charge on any atom is -0.481 e. The van der Waals surface area contributed by atoms with Crippen molar-refractivity contribution in [3.8, 4) is 5.88 Å². The third kappa shape index (κ3) is 3.79. The molecular formula is C14H12Br2N2O3. The molecule has 0 aliphatic heterocycles. The van der Waals surface area contributed by atoms with Crippen LogP contribution in [0.4, 0.5) is 0 Å². The topological polar surface area (TPSA) is 72.3 Å². The molecule has 0 saturated carbocycles.